The average molecular weight is 385 g/mol. The third-order valence-corrected chi connectivity index (χ3v) is 4.56. The molecule has 1 aromatic carbocycles. The lowest BCUT2D eigenvalue weighted by atomic mass is 10.2. The molecule has 2 aromatic rings. The zero-order valence-electron chi connectivity index (χ0n) is 15.8. The van der Waals surface area contributed by atoms with E-state index in [1.807, 2.05) is 17.9 Å². The van der Waals surface area contributed by atoms with Gasteiger partial charge in [0.15, 0.2) is 0 Å². The predicted molar refractivity (Wildman–Crippen MR) is 106 cm³/mol. The van der Waals surface area contributed by atoms with Gasteiger partial charge in [-0.2, -0.15) is 0 Å². The van der Waals surface area contributed by atoms with Crippen molar-refractivity contribution in [3.8, 4) is 0 Å². The van der Waals surface area contributed by atoms with Crippen LogP contribution < -0.4 is 15.5 Å². The van der Waals surface area contributed by atoms with Crippen molar-refractivity contribution in [2.45, 2.75) is 6.92 Å². The van der Waals surface area contributed by atoms with E-state index in [2.05, 4.69) is 20.5 Å². The molecule has 1 aliphatic heterocycles. The Hall–Kier alpha value is -3.00. The number of pyridine rings is 1. The highest BCUT2D eigenvalue weighted by molar-refractivity contribution is 5.94. The normalized spacial score (nSPS) is 14.6. The van der Waals surface area contributed by atoms with E-state index in [0.29, 0.717) is 25.2 Å². The average Bonchev–Trinajstić information content (AvgIpc) is 2.71. The SMILES string of the molecule is CCNC(=O)c1ccc(N2CCN(CC(=O)Nc3ccccc3F)CC2)nc1. The lowest BCUT2D eigenvalue weighted by Gasteiger charge is -2.35. The highest BCUT2D eigenvalue weighted by Gasteiger charge is 2.20. The number of para-hydroxylation sites is 1. The Morgan fingerprint density at radius 1 is 1.11 bits per heavy atom. The molecular weight excluding hydrogens is 361 g/mol. The number of hydrogen-bond donors (Lipinski definition) is 2. The van der Waals surface area contributed by atoms with Gasteiger partial charge in [-0.25, -0.2) is 9.37 Å². The van der Waals surface area contributed by atoms with E-state index in [0.717, 1.165) is 18.9 Å². The van der Waals surface area contributed by atoms with Crippen LogP contribution in [0.2, 0.25) is 0 Å². The molecule has 0 atom stereocenters. The number of amides is 2. The zero-order valence-corrected chi connectivity index (χ0v) is 15.8. The number of carbonyl (C=O) groups is 2. The fourth-order valence-electron chi connectivity index (χ4n) is 3.06. The van der Waals surface area contributed by atoms with Crippen molar-refractivity contribution in [2.75, 3.05) is 49.5 Å². The topological polar surface area (TPSA) is 77.6 Å². The second-order valence-electron chi connectivity index (χ2n) is 6.56. The van der Waals surface area contributed by atoms with E-state index in [9.17, 15) is 14.0 Å². The van der Waals surface area contributed by atoms with Gasteiger partial charge in [0.1, 0.15) is 11.6 Å². The van der Waals surface area contributed by atoms with Crippen molar-refractivity contribution < 1.29 is 14.0 Å². The van der Waals surface area contributed by atoms with Gasteiger partial charge in [-0.1, -0.05) is 12.1 Å². The van der Waals surface area contributed by atoms with Crippen LogP contribution in [0.3, 0.4) is 0 Å². The van der Waals surface area contributed by atoms with Crippen molar-refractivity contribution in [1.82, 2.24) is 15.2 Å². The molecule has 0 spiro atoms. The van der Waals surface area contributed by atoms with Crippen LogP contribution >= 0.6 is 0 Å². The van der Waals surface area contributed by atoms with Gasteiger partial charge in [-0.3, -0.25) is 14.5 Å². The summed E-state index contributed by atoms with van der Waals surface area (Å²) in [5, 5.41) is 5.35. The molecule has 1 aromatic heterocycles. The number of benzene rings is 1. The Kier molecular flexibility index (Phi) is 6.54. The summed E-state index contributed by atoms with van der Waals surface area (Å²) < 4.78 is 13.6. The Balaban J connectivity index is 1.48. The lowest BCUT2D eigenvalue weighted by molar-refractivity contribution is -0.117. The molecule has 3 rings (SSSR count). The van der Waals surface area contributed by atoms with Crippen LogP contribution in [0, 0.1) is 5.82 Å². The van der Waals surface area contributed by atoms with Gasteiger partial charge < -0.3 is 15.5 Å². The highest BCUT2D eigenvalue weighted by atomic mass is 19.1. The number of hydrogen-bond acceptors (Lipinski definition) is 5. The first-order valence-corrected chi connectivity index (χ1v) is 9.32. The molecule has 0 aliphatic carbocycles. The van der Waals surface area contributed by atoms with Crippen LogP contribution in [0.1, 0.15) is 17.3 Å². The van der Waals surface area contributed by atoms with Gasteiger partial charge in [0.2, 0.25) is 5.91 Å². The second kappa shape index (κ2) is 9.27. The molecule has 1 aliphatic rings. The lowest BCUT2D eigenvalue weighted by Crippen LogP contribution is -2.49. The summed E-state index contributed by atoms with van der Waals surface area (Å²) in [7, 11) is 0. The molecule has 1 saturated heterocycles. The number of carbonyl (C=O) groups excluding carboxylic acids is 2. The Bertz CT molecular complexity index is 820. The summed E-state index contributed by atoms with van der Waals surface area (Å²) in [6, 6.07) is 9.73. The summed E-state index contributed by atoms with van der Waals surface area (Å²) in [4.78, 5) is 32.5. The maximum Gasteiger partial charge on any atom is 0.252 e. The fourth-order valence-corrected chi connectivity index (χ4v) is 3.06. The van der Waals surface area contributed by atoms with Gasteiger partial charge in [0.25, 0.3) is 5.91 Å². The molecule has 0 saturated carbocycles. The minimum absolute atomic E-state index is 0.132. The van der Waals surface area contributed by atoms with E-state index in [-0.39, 0.29) is 24.0 Å². The van der Waals surface area contributed by atoms with E-state index in [4.69, 9.17) is 0 Å². The number of piperazine rings is 1. The van der Waals surface area contributed by atoms with Crippen molar-refractivity contribution in [3.05, 3.63) is 54.0 Å². The van der Waals surface area contributed by atoms with Crippen molar-refractivity contribution in [1.29, 1.82) is 0 Å². The largest absolute Gasteiger partial charge is 0.354 e. The third-order valence-electron chi connectivity index (χ3n) is 4.56. The van der Waals surface area contributed by atoms with Gasteiger partial charge >= 0.3 is 0 Å². The first-order chi connectivity index (χ1) is 13.6. The van der Waals surface area contributed by atoms with E-state index < -0.39 is 5.82 Å². The van der Waals surface area contributed by atoms with E-state index >= 15 is 0 Å². The molecule has 0 bridgehead atoms. The maximum absolute atomic E-state index is 13.6. The van der Waals surface area contributed by atoms with Crippen molar-refractivity contribution >= 4 is 23.3 Å². The molecule has 0 unspecified atom stereocenters. The molecule has 2 N–H and O–H groups in total. The summed E-state index contributed by atoms with van der Waals surface area (Å²) >= 11 is 0. The highest BCUT2D eigenvalue weighted by Crippen LogP contribution is 2.15. The quantitative estimate of drug-likeness (QED) is 0.792. The summed E-state index contributed by atoms with van der Waals surface area (Å²) in [5.41, 5.74) is 0.733. The molecule has 28 heavy (non-hydrogen) atoms. The number of nitrogens with one attached hydrogen (secondary N) is 2. The van der Waals surface area contributed by atoms with E-state index in [1.165, 1.54) is 6.07 Å². The first kappa shape index (κ1) is 19.8. The van der Waals surface area contributed by atoms with Crippen molar-refractivity contribution in [3.63, 3.8) is 0 Å². The minimum atomic E-state index is -0.442. The summed E-state index contributed by atoms with van der Waals surface area (Å²) in [5.74, 6) is 0.00140. The van der Waals surface area contributed by atoms with Gasteiger partial charge in [-0.15, -0.1) is 0 Å². The fraction of sp³-hybridized carbons (Fsp3) is 0.350. The standard InChI is InChI=1S/C20H24FN5O2/c1-2-22-20(28)15-7-8-18(23-13-15)26-11-9-25(10-12-26)14-19(27)24-17-6-4-3-5-16(17)21/h3-8,13H,2,9-12,14H2,1H3,(H,22,28)(H,24,27). The third kappa shape index (κ3) is 5.04. The van der Waals surface area contributed by atoms with Crippen LogP contribution in [0.4, 0.5) is 15.9 Å². The van der Waals surface area contributed by atoms with E-state index in [1.54, 1.807) is 30.5 Å². The molecule has 8 heteroatoms. The van der Waals surface area contributed by atoms with Crippen LogP contribution in [0.25, 0.3) is 0 Å². The van der Waals surface area contributed by atoms with Crippen molar-refractivity contribution in [2.24, 2.45) is 0 Å². The number of halogens is 1. The molecule has 2 amide bonds. The number of anilines is 2. The summed E-state index contributed by atoms with van der Waals surface area (Å²) in [6.07, 6.45) is 1.58. The number of nitrogens with zero attached hydrogens (tertiary/aromatic N) is 3. The first-order valence-electron chi connectivity index (χ1n) is 9.32. The maximum atomic E-state index is 13.6. The van der Waals surface area contributed by atoms with Crippen LogP contribution in [-0.2, 0) is 4.79 Å². The molecule has 1 fully saturated rings. The van der Waals surface area contributed by atoms with Crippen LogP contribution in [-0.4, -0.2) is 61.0 Å². The Morgan fingerprint density at radius 2 is 1.86 bits per heavy atom. The Morgan fingerprint density at radius 3 is 2.50 bits per heavy atom. The van der Waals surface area contributed by atoms with Gasteiger partial charge in [0.05, 0.1) is 17.8 Å². The molecule has 2 heterocycles. The predicted octanol–water partition coefficient (Wildman–Crippen LogP) is 1.73. The number of rotatable bonds is 6. The van der Waals surface area contributed by atoms with Gasteiger partial charge in [0, 0.05) is 38.9 Å². The van der Waals surface area contributed by atoms with Crippen LogP contribution in [0.15, 0.2) is 42.6 Å². The second-order valence-corrected chi connectivity index (χ2v) is 6.56. The number of aromatic nitrogens is 1. The smallest absolute Gasteiger partial charge is 0.252 e. The monoisotopic (exact) mass is 385 g/mol. The zero-order chi connectivity index (χ0) is 19.9. The summed E-state index contributed by atoms with van der Waals surface area (Å²) in [6.45, 7) is 5.50. The molecular formula is C20H24FN5O2. The van der Waals surface area contributed by atoms with Crippen LogP contribution in [0.5, 0.6) is 0 Å². The molecule has 148 valence electrons. The Labute approximate surface area is 163 Å². The molecule has 0 radical (unpaired) electrons. The van der Waals surface area contributed by atoms with Gasteiger partial charge in [-0.05, 0) is 31.2 Å². The minimum Gasteiger partial charge on any atom is -0.354 e. The molecule has 7 nitrogen and oxygen atoms in total.